The van der Waals surface area contributed by atoms with Crippen molar-refractivity contribution in [1.29, 1.82) is 0 Å². The summed E-state index contributed by atoms with van der Waals surface area (Å²) in [6.07, 6.45) is -2.54. The van der Waals surface area contributed by atoms with Crippen molar-refractivity contribution in [1.82, 2.24) is 5.32 Å². The van der Waals surface area contributed by atoms with Gasteiger partial charge >= 0.3 is 5.97 Å². The van der Waals surface area contributed by atoms with Crippen LogP contribution in [0.3, 0.4) is 0 Å². The van der Waals surface area contributed by atoms with Crippen LogP contribution < -0.4 is 5.32 Å². The molecule has 0 heterocycles. The molecule has 0 bridgehead atoms. The molecule has 5 heteroatoms. The SMILES string of the molecule is CC(C)C(NC(C)C(F)F)C(=O)O. The Kier molecular flexibility index (Phi) is 4.83. The lowest BCUT2D eigenvalue weighted by molar-refractivity contribution is -0.141. The molecular weight excluding hydrogens is 180 g/mol. The largest absolute Gasteiger partial charge is 0.480 e. The summed E-state index contributed by atoms with van der Waals surface area (Å²) in [5.74, 6) is -1.30. The molecule has 0 aromatic carbocycles. The average Bonchev–Trinajstić information content (AvgIpc) is 1.97. The minimum Gasteiger partial charge on any atom is -0.480 e. The fraction of sp³-hybridized carbons (Fsp3) is 0.875. The molecule has 78 valence electrons. The first-order chi connectivity index (χ1) is 5.86. The van der Waals surface area contributed by atoms with Gasteiger partial charge in [0.15, 0.2) is 0 Å². The molecule has 0 aromatic rings. The molecule has 0 fully saturated rings. The molecule has 2 unspecified atom stereocenters. The number of carbonyl (C=O) groups is 1. The van der Waals surface area contributed by atoms with Crippen molar-refractivity contribution in [3.63, 3.8) is 0 Å². The van der Waals surface area contributed by atoms with E-state index in [-0.39, 0.29) is 5.92 Å². The van der Waals surface area contributed by atoms with Crippen LogP contribution in [0.1, 0.15) is 20.8 Å². The molecule has 0 aliphatic carbocycles. The quantitative estimate of drug-likeness (QED) is 0.696. The number of nitrogens with one attached hydrogen (secondary N) is 1. The van der Waals surface area contributed by atoms with Gasteiger partial charge in [0.05, 0.1) is 6.04 Å². The predicted octanol–water partition coefficient (Wildman–Crippen LogP) is 1.34. The Morgan fingerprint density at radius 2 is 1.77 bits per heavy atom. The summed E-state index contributed by atoms with van der Waals surface area (Å²) >= 11 is 0. The Hall–Kier alpha value is -0.710. The van der Waals surface area contributed by atoms with Crippen molar-refractivity contribution in [2.45, 2.75) is 39.3 Å². The van der Waals surface area contributed by atoms with E-state index in [0.29, 0.717) is 0 Å². The van der Waals surface area contributed by atoms with Gasteiger partial charge in [-0.1, -0.05) is 13.8 Å². The van der Waals surface area contributed by atoms with E-state index in [0.717, 1.165) is 0 Å². The van der Waals surface area contributed by atoms with Crippen LogP contribution >= 0.6 is 0 Å². The van der Waals surface area contributed by atoms with Gasteiger partial charge in [-0.3, -0.25) is 10.1 Å². The van der Waals surface area contributed by atoms with Crippen LogP contribution in [-0.4, -0.2) is 29.6 Å². The highest BCUT2D eigenvalue weighted by Gasteiger charge is 2.26. The van der Waals surface area contributed by atoms with Gasteiger partial charge in [-0.15, -0.1) is 0 Å². The Balaban J connectivity index is 4.18. The molecule has 0 rings (SSSR count). The topological polar surface area (TPSA) is 49.3 Å². The number of hydrogen-bond donors (Lipinski definition) is 2. The first kappa shape index (κ1) is 12.3. The maximum Gasteiger partial charge on any atom is 0.320 e. The summed E-state index contributed by atoms with van der Waals surface area (Å²) in [5, 5.41) is 11.0. The van der Waals surface area contributed by atoms with E-state index in [1.54, 1.807) is 13.8 Å². The van der Waals surface area contributed by atoms with Crippen LogP contribution in [0.5, 0.6) is 0 Å². The third kappa shape index (κ3) is 4.17. The minimum absolute atomic E-state index is 0.210. The number of carboxylic acids is 1. The van der Waals surface area contributed by atoms with Crippen molar-refractivity contribution >= 4 is 5.97 Å². The maximum absolute atomic E-state index is 12.1. The molecule has 0 aliphatic rings. The van der Waals surface area contributed by atoms with Gasteiger partial charge in [-0.05, 0) is 12.8 Å². The van der Waals surface area contributed by atoms with Gasteiger partial charge in [0, 0.05) is 0 Å². The predicted molar refractivity (Wildman–Crippen MR) is 44.9 cm³/mol. The lowest BCUT2D eigenvalue weighted by atomic mass is 10.0. The second-order valence-corrected chi connectivity index (χ2v) is 3.35. The van der Waals surface area contributed by atoms with Crippen LogP contribution in [0.25, 0.3) is 0 Å². The molecule has 0 aromatic heterocycles. The second-order valence-electron chi connectivity index (χ2n) is 3.35. The van der Waals surface area contributed by atoms with E-state index in [4.69, 9.17) is 5.11 Å². The zero-order chi connectivity index (χ0) is 10.6. The fourth-order valence-corrected chi connectivity index (χ4v) is 0.905. The summed E-state index contributed by atoms with van der Waals surface area (Å²) in [7, 11) is 0. The average molecular weight is 195 g/mol. The number of rotatable bonds is 5. The van der Waals surface area contributed by atoms with Crippen molar-refractivity contribution in [2.75, 3.05) is 0 Å². The zero-order valence-electron chi connectivity index (χ0n) is 7.92. The van der Waals surface area contributed by atoms with Gasteiger partial charge in [0.2, 0.25) is 0 Å². The summed E-state index contributed by atoms with van der Waals surface area (Å²) in [4.78, 5) is 10.6. The second kappa shape index (κ2) is 5.11. The summed E-state index contributed by atoms with van der Waals surface area (Å²) in [6, 6.07) is -2.01. The molecule has 13 heavy (non-hydrogen) atoms. The van der Waals surface area contributed by atoms with E-state index in [1.807, 2.05) is 0 Å². The lowest BCUT2D eigenvalue weighted by Crippen LogP contribution is -2.47. The first-order valence-corrected chi connectivity index (χ1v) is 4.13. The third-order valence-electron chi connectivity index (χ3n) is 1.75. The summed E-state index contributed by atoms with van der Waals surface area (Å²) in [5.41, 5.74) is 0. The van der Waals surface area contributed by atoms with Gasteiger partial charge < -0.3 is 5.11 Å². The fourth-order valence-electron chi connectivity index (χ4n) is 0.905. The van der Waals surface area contributed by atoms with Crippen molar-refractivity contribution < 1.29 is 18.7 Å². The molecule has 0 saturated heterocycles. The number of halogens is 2. The van der Waals surface area contributed by atoms with Crippen LogP contribution in [0, 0.1) is 5.92 Å². The molecule has 2 N–H and O–H groups in total. The molecule has 0 spiro atoms. The highest BCUT2D eigenvalue weighted by atomic mass is 19.3. The summed E-state index contributed by atoms with van der Waals surface area (Å²) < 4.78 is 24.1. The van der Waals surface area contributed by atoms with E-state index in [2.05, 4.69) is 5.32 Å². The van der Waals surface area contributed by atoms with Gasteiger partial charge in [0.25, 0.3) is 6.43 Å². The Morgan fingerprint density at radius 3 is 2.00 bits per heavy atom. The molecule has 0 radical (unpaired) electrons. The van der Waals surface area contributed by atoms with Crippen LogP contribution in [0.4, 0.5) is 8.78 Å². The first-order valence-electron chi connectivity index (χ1n) is 4.13. The standard InChI is InChI=1S/C8H15F2NO2/c1-4(2)6(8(12)13)11-5(3)7(9)10/h4-7,11H,1-3H3,(H,12,13). The number of carboxylic acid groups (broad SMARTS) is 1. The van der Waals surface area contributed by atoms with Crippen molar-refractivity contribution in [3.8, 4) is 0 Å². The van der Waals surface area contributed by atoms with Gasteiger partial charge in [0.1, 0.15) is 6.04 Å². The molecule has 0 saturated carbocycles. The van der Waals surface area contributed by atoms with E-state index in [1.165, 1.54) is 6.92 Å². The van der Waals surface area contributed by atoms with Gasteiger partial charge in [-0.25, -0.2) is 8.78 Å². The molecule has 0 aliphatic heterocycles. The van der Waals surface area contributed by atoms with Crippen LogP contribution in [-0.2, 0) is 4.79 Å². The molecule has 3 nitrogen and oxygen atoms in total. The molecular formula is C8H15F2NO2. The van der Waals surface area contributed by atoms with E-state index < -0.39 is 24.5 Å². The summed E-state index contributed by atoms with van der Waals surface area (Å²) in [6.45, 7) is 4.61. The number of aliphatic carboxylic acids is 1. The smallest absolute Gasteiger partial charge is 0.320 e. The number of alkyl halides is 2. The number of hydrogen-bond acceptors (Lipinski definition) is 2. The highest BCUT2D eigenvalue weighted by molar-refractivity contribution is 5.73. The van der Waals surface area contributed by atoms with Crippen LogP contribution in [0.15, 0.2) is 0 Å². The monoisotopic (exact) mass is 195 g/mol. The highest BCUT2D eigenvalue weighted by Crippen LogP contribution is 2.06. The van der Waals surface area contributed by atoms with Crippen molar-refractivity contribution in [2.24, 2.45) is 5.92 Å². The molecule has 0 amide bonds. The zero-order valence-corrected chi connectivity index (χ0v) is 7.92. The maximum atomic E-state index is 12.1. The van der Waals surface area contributed by atoms with Crippen LogP contribution in [0.2, 0.25) is 0 Å². The Morgan fingerprint density at radius 1 is 1.31 bits per heavy atom. The van der Waals surface area contributed by atoms with Gasteiger partial charge in [-0.2, -0.15) is 0 Å². The minimum atomic E-state index is -2.54. The Bertz CT molecular complexity index is 174. The Labute approximate surface area is 76.1 Å². The lowest BCUT2D eigenvalue weighted by Gasteiger charge is -2.22. The van der Waals surface area contributed by atoms with Crippen molar-refractivity contribution in [3.05, 3.63) is 0 Å². The third-order valence-corrected chi connectivity index (χ3v) is 1.75. The normalized spacial score (nSPS) is 16.2. The van der Waals surface area contributed by atoms with E-state index in [9.17, 15) is 13.6 Å². The van der Waals surface area contributed by atoms with E-state index >= 15 is 0 Å². The molecule has 2 atom stereocenters.